The van der Waals surface area contributed by atoms with E-state index in [1.54, 1.807) is 68.4 Å². The van der Waals surface area contributed by atoms with Crippen LogP contribution in [-0.2, 0) is 19.6 Å². The first kappa shape index (κ1) is 25.8. The Morgan fingerprint density at radius 3 is 2.03 bits per heavy atom. The number of sulfonamides is 1. The van der Waals surface area contributed by atoms with E-state index in [9.17, 15) is 22.8 Å². The molecule has 0 aliphatic rings. The van der Waals surface area contributed by atoms with Crippen molar-refractivity contribution in [1.29, 1.82) is 0 Å². The monoisotopic (exact) mass is 494 g/mol. The fourth-order valence-electron chi connectivity index (χ4n) is 3.41. The van der Waals surface area contributed by atoms with Crippen LogP contribution in [0.1, 0.15) is 40.1 Å². The predicted molar refractivity (Wildman–Crippen MR) is 132 cm³/mol. The van der Waals surface area contributed by atoms with E-state index in [1.165, 1.54) is 28.6 Å². The Morgan fingerprint density at radius 1 is 0.800 bits per heavy atom. The topological polar surface area (TPSA) is 110 Å². The van der Waals surface area contributed by atoms with E-state index in [0.29, 0.717) is 29.9 Å². The lowest BCUT2D eigenvalue weighted by atomic mass is 10.0. The maximum absolute atomic E-state index is 12.8. The smallest absolute Gasteiger partial charge is 0.338 e. The average Bonchev–Trinajstić information content (AvgIpc) is 2.88. The first-order valence-corrected chi connectivity index (χ1v) is 12.5. The van der Waals surface area contributed by atoms with E-state index in [0.717, 1.165) is 0 Å². The van der Waals surface area contributed by atoms with E-state index >= 15 is 0 Å². The summed E-state index contributed by atoms with van der Waals surface area (Å²) in [4.78, 5) is 37.6. The molecule has 0 radical (unpaired) electrons. The van der Waals surface area contributed by atoms with Gasteiger partial charge in [0.05, 0.1) is 16.1 Å². The predicted octanol–water partition coefficient (Wildman–Crippen LogP) is 3.74. The van der Waals surface area contributed by atoms with Gasteiger partial charge >= 0.3 is 5.97 Å². The molecule has 1 amide bonds. The second-order valence-corrected chi connectivity index (χ2v) is 9.42. The standard InChI is InChI=1S/C26H26N2O6S/c1-3-28(4-2)35(32,33)21-16-14-20(15-17-21)26(31)34-18-24(29)27-23-13-9-8-12-22(23)25(30)19-10-6-5-7-11-19/h5-17H,3-4,18H2,1-2H3,(H,27,29). The molecule has 35 heavy (non-hydrogen) atoms. The molecule has 182 valence electrons. The summed E-state index contributed by atoms with van der Waals surface area (Å²) in [6.07, 6.45) is 0. The summed E-state index contributed by atoms with van der Waals surface area (Å²) in [6.45, 7) is 3.57. The van der Waals surface area contributed by atoms with Gasteiger partial charge in [-0.3, -0.25) is 9.59 Å². The number of nitrogens with zero attached hydrogens (tertiary/aromatic N) is 1. The number of carbonyl (C=O) groups excluding carboxylic acids is 3. The molecule has 0 saturated heterocycles. The largest absolute Gasteiger partial charge is 0.452 e. The van der Waals surface area contributed by atoms with Crippen LogP contribution in [0.15, 0.2) is 83.8 Å². The summed E-state index contributed by atoms with van der Waals surface area (Å²) in [5.41, 5.74) is 1.19. The molecule has 0 fully saturated rings. The van der Waals surface area contributed by atoms with E-state index in [1.807, 2.05) is 0 Å². The molecular weight excluding hydrogens is 468 g/mol. The Kier molecular flexibility index (Phi) is 8.51. The van der Waals surface area contributed by atoms with E-state index < -0.39 is 28.5 Å². The number of ketones is 1. The van der Waals surface area contributed by atoms with Crippen LogP contribution in [0.2, 0.25) is 0 Å². The number of nitrogens with one attached hydrogen (secondary N) is 1. The summed E-state index contributed by atoms with van der Waals surface area (Å²) < 4.78 is 31.5. The van der Waals surface area contributed by atoms with Gasteiger partial charge in [-0.05, 0) is 36.4 Å². The lowest BCUT2D eigenvalue weighted by Gasteiger charge is -2.18. The van der Waals surface area contributed by atoms with Crippen LogP contribution in [0.25, 0.3) is 0 Å². The van der Waals surface area contributed by atoms with Gasteiger partial charge < -0.3 is 10.1 Å². The summed E-state index contributed by atoms with van der Waals surface area (Å²) in [6, 6.07) is 20.6. The highest BCUT2D eigenvalue weighted by Crippen LogP contribution is 2.20. The Hall–Kier alpha value is -3.82. The van der Waals surface area contributed by atoms with E-state index in [-0.39, 0.29) is 16.2 Å². The lowest BCUT2D eigenvalue weighted by Crippen LogP contribution is -2.30. The molecule has 3 aromatic rings. The second kappa shape index (κ2) is 11.5. The summed E-state index contributed by atoms with van der Waals surface area (Å²) in [5.74, 6) is -1.65. The summed E-state index contributed by atoms with van der Waals surface area (Å²) >= 11 is 0. The number of carbonyl (C=O) groups is 3. The third kappa shape index (κ3) is 6.20. The van der Waals surface area contributed by atoms with Gasteiger partial charge in [0.1, 0.15) is 0 Å². The third-order valence-electron chi connectivity index (χ3n) is 5.25. The van der Waals surface area contributed by atoms with Crippen LogP contribution in [0, 0.1) is 0 Å². The minimum absolute atomic E-state index is 0.0650. The molecule has 8 nitrogen and oxygen atoms in total. The molecule has 0 spiro atoms. The Morgan fingerprint density at radius 2 is 1.40 bits per heavy atom. The van der Waals surface area contributed by atoms with Gasteiger partial charge in [0.2, 0.25) is 10.0 Å². The third-order valence-corrected chi connectivity index (χ3v) is 7.31. The van der Waals surface area contributed by atoms with Gasteiger partial charge in [-0.1, -0.05) is 56.3 Å². The molecule has 0 aliphatic heterocycles. The van der Waals surface area contributed by atoms with Gasteiger partial charge in [0, 0.05) is 24.2 Å². The molecule has 0 aromatic heterocycles. The van der Waals surface area contributed by atoms with Gasteiger partial charge in [-0.2, -0.15) is 4.31 Å². The van der Waals surface area contributed by atoms with Crippen molar-refractivity contribution >= 4 is 33.4 Å². The zero-order valence-electron chi connectivity index (χ0n) is 19.4. The van der Waals surface area contributed by atoms with Crippen LogP contribution in [0.5, 0.6) is 0 Å². The number of rotatable bonds is 10. The molecule has 0 bridgehead atoms. The number of esters is 1. The summed E-state index contributed by atoms with van der Waals surface area (Å²) in [7, 11) is -3.65. The maximum atomic E-state index is 12.8. The number of para-hydroxylation sites is 1. The van der Waals surface area contributed by atoms with E-state index in [2.05, 4.69) is 5.32 Å². The SMILES string of the molecule is CCN(CC)S(=O)(=O)c1ccc(C(=O)OCC(=O)Nc2ccccc2C(=O)c2ccccc2)cc1. The quantitative estimate of drug-likeness (QED) is 0.340. The number of hydrogen-bond acceptors (Lipinski definition) is 6. The normalized spacial score (nSPS) is 11.2. The Balaban J connectivity index is 1.63. The fourth-order valence-corrected chi connectivity index (χ4v) is 4.87. The van der Waals surface area contributed by atoms with Gasteiger partial charge in [0.25, 0.3) is 5.91 Å². The zero-order valence-corrected chi connectivity index (χ0v) is 20.2. The average molecular weight is 495 g/mol. The van der Waals surface area contributed by atoms with Gasteiger partial charge in [0.15, 0.2) is 12.4 Å². The van der Waals surface area contributed by atoms with Crippen molar-refractivity contribution in [2.75, 3.05) is 25.0 Å². The minimum Gasteiger partial charge on any atom is -0.452 e. The zero-order chi connectivity index (χ0) is 25.4. The molecule has 0 atom stereocenters. The molecule has 0 aliphatic carbocycles. The van der Waals surface area contributed by atoms with Crippen LogP contribution >= 0.6 is 0 Å². The van der Waals surface area contributed by atoms with Crippen molar-refractivity contribution in [3.8, 4) is 0 Å². The highest BCUT2D eigenvalue weighted by atomic mass is 32.2. The molecule has 0 saturated carbocycles. The van der Waals surface area contributed by atoms with Crippen molar-refractivity contribution in [3.63, 3.8) is 0 Å². The van der Waals surface area contributed by atoms with Crippen LogP contribution in [0.3, 0.4) is 0 Å². The molecule has 9 heteroatoms. The summed E-state index contributed by atoms with van der Waals surface area (Å²) in [5, 5.41) is 2.60. The van der Waals surface area contributed by atoms with E-state index in [4.69, 9.17) is 4.74 Å². The highest BCUT2D eigenvalue weighted by Gasteiger charge is 2.22. The van der Waals surface area contributed by atoms with Crippen molar-refractivity contribution in [2.45, 2.75) is 18.7 Å². The van der Waals surface area contributed by atoms with Crippen LogP contribution in [0.4, 0.5) is 5.69 Å². The molecule has 3 rings (SSSR count). The molecule has 1 N–H and O–H groups in total. The second-order valence-electron chi connectivity index (χ2n) is 7.48. The van der Waals surface area contributed by atoms with Crippen LogP contribution < -0.4 is 5.32 Å². The minimum atomic E-state index is -3.65. The number of ether oxygens (including phenoxy) is 1. The number of anilines is 1. The van der Waals surface area contributed by atoms with Crippen molar-refractivity contribution in [3.05, 3.63) is 95.6 Å². The number of hydrogen-bond donors (Lipinski definition) is 1. The first-order chi connectivity index (χ1) is 16.8. The molecule has 3 aromatic carbocycles. The molecule has 0 heterocycles. The number of benzene rings is 3. The van der Waals surface area contributed by atoms with Crippen LogP contribution in [-0.4, -0.2) is 50.1 Å². The first-order valence-electron chi connectivity index (χ1n) is 11.0. The van der Waals surface area contributed by atoms with Gasteiger partial charge in [-0.25, -0.2) is 13.2 Å². The van der Waals surface area contributed by atoms with Crippen molar-refractivity contribution in [2.24, 2.45) is 0 Å². The Labute approximate surface area is 204 Å². The highest BCUT2D eigenvalue weighted by molar-refractivity contribution is 7.89. The van der Waals surface area contributed by atoms with Crippen molar-refractivity contribution < 1.29 is 27.5 Å². The van der Waals surface area contributed by atoms with Gasteiger partial charge in [-0.15, -0.1) is 0 Å². The molecule has 0 unspecified atom stereocenters. The lowest BCUT2D eigenvalue weighted by molar-refractivity contribution is -0.119. The molecular formula is C26H26N2O6S. The Bertz CT molecular complexity index is 1300. The fraction of sp³-hybridized carbons (Fsp3) is 0.192. The van der Waals surface area contributed by atoms with Crippen molar-refractivity contribution in [1.82, 2.24) is 4.31 Å². The number of amides is 1. The maximum Gasteiger partial charge on any atom is 0.338 e.